The van der Waals surface area contributed by atoms with Gasteiger partial charge in [-0.15, -0.1) is 0 Å². The van der Waals surface area contributed by atoms with Gasteiger partial charge in [-0.2, -0.15) is 5.26 Å². The maximum atomic E-state index is 7.26. The second kappa shape index (κ2) is 2.25. The Morgan fingerprint density at radius 2 is 2.25 bits per heavy atom. The monoisotopic (exact) mass is 58.0 g/mol. The molecule has 0 spiro atoms. The van der Waals surface area contributed by atoms with Crippen LogP contribution in [0.25, 0.3) is 0 Å². The van der Waals surface area contributed by atoms with Crippen molar-refractivity contribution in [2.75, 3.05) is 0 Å². The molecule has 4 heavy (non-hydrogen) atoms. The normalized spacial score (nSPS) is 4.00. The molecule has 0 aliphatic heterocycles. The second-order valence-electron chi connectivity index (χ2n) is 0.224. The van der Waals surface area contributed by atoms with Crippen LogP contribution < -0.4 is 5.48 Å². The minimum atomic E-state index is 1.24. The van der Waals surface area contributed by atoms with Crippen molar-refractivity contribution < 1.29 is 5.21 Å². The van der Waals surface area contributed by atoms with Crippen molar-refractivity contribution in [3.8, 4) is 6.19 Å². The Kier molecular flexibility index (Phi) is 1.83. The molecule has 0 aromatic heterocycles. The average molecular weight is 58.0 g/mol. The zero-order valence-electron chi connectivity index (χ0n) is 1.89. The molecule has 0 aliphatic rings. The summed E-state index contributed by atoms with van der Waals surface area (Å²) in [7, 11) is 0. The largest absolute Gasteiger partial charge is 0.282 e. The molecule has 0 saturated carbocycles. The van der Waals surface area contributed by atoms with Crippen molar-refractivity contribution in [2.24, 2.45) is 0 Å². The van der Waals surface area contributed by atoms with Crippen LogP contribution in [0, 0.1) is 11.5 Å². The van der Waals surface area contributed by atoms with Gasteiger partial charge in [-0.05, 0) is 0 Å². The number of hydroxylamine groups is 1. The molecular weight excluding hydrogens is 56.0 g/mol. The third-order valence-electron chi connectivity index (χ3n) is 0.0500. The van der Waals surface area contributed by atoms with E-state index in [1.165, 1.54) is 11.7 Å². The average Bonchev–Trinajstić information content (AvgIpc) is 1.37. The third-order valence-corrected chi connectivity index (χ3v) is 0.0500. The molecule has 0 saturated heterocycles. The molecule has 2 N–H and O–H groups in total. The molecule has 0 radical (unpaired) electrons. The fourth-order valence-corrected chi connectivity index (χ4v) is 0. The summed E-state index contributed by atoms with van der Waals surface area (Å²) in [6.45, 7) is 0. The Labute approximate surface area is 23.4 Å². The predicted molar refractivity (Wildman–Crippen MR) is 10.5 cm³/mol. The smallest absolute Gasteiger partial charge is 0.202 e. The first-order valence-corrected chi connectivity index (χ1v) is 0.697. The molecule has 3 heteroatoms. The van der Waals surface area contributed by atoms with Gasteiger partial charge in [-0.3, -0.25) is 5.21 Å². The van der Waals surface area contributed by atoms with Crippen molar-refractivity contribution in [1.29, 1.82) is 5.26 Å². The number of rotatable bonds is 0. The molecule has 0 aromatic rings. The number of hydrogen-bond donors (Lipinski definition) is 2. The molecule has 0 aromatic carbocycles. The van der Waals surface area contributed by atoms with E-state index in [2.05, 4.69) is 0 Å². The zero-order chi connectivity index (χ0) is 3.41. The number of nitrogens with one attached hydrogen (secondary N) is 1. The molecule has 0 bridgehead atoms. The van der Waals surface area contributed by atoms with Crippen LogP contribution in [0.3, 0.4) is 0 Å². The molecule has 0 unspecified atom stereocenters. The molecular formula is CH2N2O. The van der Waals surface area contributed by atoms with Crippen LogP contribution >= 0.6 is 0 Å². The molecule has 0 amide bonds. The maximum absolute atomic E-state index is 7.26. The van der Waals surface area contributed by atoms with E-state index in [1.54, 1.807) is 0 Å². The summed E-state index contributed by atoms with van der Waals surface area (Å²) in [5.74, 6) is 0. The highest BCUT2D eigenvalue weighted by Gasteiger charge is 1.40. The van der Waals surface area contributed by atoms with Crippen molar-refractivity contribution in [3.05, 3.63) is 0 Å². The Morgan fingerprint density at radius 3 is 2.25 bits per heavy atom. The summed E-state index contributed by atoms with van der Waals surface area (Å²) >= 11 is 0. The lowest BCUT2D eigenvalue weighted by Gasteiger charge is -1.60. The Bertz CT molecular complexity index is 35.8. The molecule has 0 aliphatic carbocycles. The summed E-state index contributed by atoms with van der Waals surface area (Å²) in [5, 5.41) is 14.5. The fourth-order valence-electron chi connectivity index (χ4n) is 0. The lowest BCUT2D eigenvalue weighted by molar-refractivity contribution is 0.222. The lowest BCUT2D eigenvalue weighted by Crippen LogP contribution is -1.90. The van der Waals surface area contributed by atoms with E-state index in [0.29, 0.717) is 0 Å². The SMILES string of the molecule is N#CNO. The highest BCUT2D eigenvalue weighted by Crippen LogP contribution is 1.15. The summed E-state index contributed by atoms with van der Waals surface area (Å²) in [6, 6.07) is 0. The standard InChI is InChI=1S/CH2N2O/c2-1-3-4/h3-4H. The minimum Gasteiger partial charge on any atom is -0.282 e. The van der Waals surface area contributed by atoms with Gasteiger partial charge in [0.1, 0.15) is 0 Å². The summed E-state index contributed by atoms with van der Waals surface area (Å²) in [4.78, 5) is 0. The van der Waals surface area contributed by atoms with E-state index in [0.717, 1.165) is 0 Å². The van der Waals surface area contributed by atoms with E-state index in [-0.39, 0.29) is 0 Å². The first-order valence-electron chi connectivity index (χ1n) is 0.697. The first kappa shape index (κ1) is 3.25. The fraction of sp³-hybridized carbons (Fsp3) is 0. The summed E-state index contributed by atoms with van der Waals surface area (Å²) < 4.78 is 0. The van der Waals surface area contributed by atoms with E-state index >= 15 is 0 Å². The number of hydrogen-bond acceptors (Lipinski definition) is 3. The van der Waals surface area contributed by atoms with E-state index < -0.39 is 0 Å². The molecule has 0 fully saturated rings. The zero-order valence-corrected chi connectivity index (χ0v) is 1.89. The Hall–Kier alpha value is -0.750. The van der Waals surface area contributed by atoms with E-state index in [9.17, 15) is 0 Å². The topological polar surface area (TPSA) is 56.0 Å². The van der Waals surface area contributed by atoms with Gasteiger partial charge >= 0.3 is 0 Å². The van der Waals surface area contributed by atoms with Crippen LogP contribution in [0.1, 0.15) is 0 Å². The van der Waals surface area contributed by atoms with Crippen LogP contribution in [-0.4, -0.2) is 5.21 Å². The second-order valence-corrected chi connectivity index (χ2v) is 0.224. The molecule has 0 heterocycles. The quantitative estimate of drug-likeness (QED) is 0.223. The third kappa shape index (κ3) is 1.25. The Morgan fingerprint density at radius 1 is 2.00 bits per heavy atom. The minimum absolute atomic E-state index is 1.24. The number of nitrogens with zero attached hydrogens (tertiary/aromatic N) is 1. The number of nitriles is 1. The van der Waals surface area contributed by atoms with Gasteiger partial charge in [0.05, 0.1) is 0 Å². The summed E-state index contributed by atoms with van der Waals surface area (Å²) in [5.41, 5.74) is 1.24. The molecule has 0 rings (SSSR count). The molecule has 22 valence electrons. The van der Waals surface area contributed by atoms with Gasteiger partial charge in [0.2, 0.25) is 6.19 Å². The lowest BCUT2D eigenvalue weighted by atomic mass is 11.5. The predicted octanol–water partition coefficient (Wildman–Crippen LogP) is -0.554. The van der Waals surface area contributed by atoms with Gasteiger partial charge in [0, 0.05) is 0 Å². The highest BCUT2D eigenvalue weighted by molar-refractivity contribution is 4.50. The first-order chi connectivity index (χ1) is 1.91. The molecule has 0 atom stereocenters. The van der Waals surface area contributed by atoms with Gasteiger partial charge in [-0.25, -0.2) is 5.48 Å². The van der Waals surface area contributed by atoms with Gasteiger partial charge in [0.15, 0.2) is 0 Å². The van der Waals surface area contributed by atoms with E-state index in [4.69, 9.17) is 10.5 Å². The van der Waals surface area contributed by atoms with Crippen LogP contribution in [-0.2, 0) is 0 Å². The van der Waals surface area contributed by atoms with Crippen LogP contribution in [0.15, 0.2) is 0 Å². The Balaban J connectivity index is 2.43. The van der Waals surface area contributed by atoms with Crippen molar-refractivity contribution in [1.82, 2.24) is 5.48 Å². The van der Waals surface area contributed by atoms with Gasteiger partial charge in [-0.1, -0.05) is 0 Å². The highest BCUT2D eigenvalue weighted by atomic mass is 16.5. The van der Waals surface area contributed by atoms with Crippen molar-refractivity contribution >= 4 is 0 Å². The van der Waals surface area contributed by atoms with Gasteiger partial charge in [0.25, 0.3) is 0 Å². The van der Waals surface area contributed by atoms with Crippen molar-refractivity contribution in [2.45, 2.75) is 0 Å². The van der Waals surface area contributed by atoms with Crippen LogP contribution in [0.4, 0.5) is 0 Å². The van der Waals surface area contributed by atoms with E-state index in [1.807, 2.05) is 0 Å². The maximum Gasteiger partial charge on any atom is 0.202 e. The van der Waals surface area contributed by atoms with Gasteiger partial charge < -0.3 is 0 Å². The van der Waals surface area contributed by atoms with Crippen LogP contribution in [0.5, 0.6) is 0 Å². The van der Waals surface area contributed by atoms with Crippen LogP contribution in [0.2, 0.25) is 0 Å². The molecule has 3 nitrogen and oxygen atoms in total. The summed E-state index contributed by atoms with van der Waals surface area (Å²) in [6.07, 6.45) is 1.24. The van der Waals surface area contributed by atoms with Crippen molar-refractivity contribution in [3.63, 3.8) is 0 Å².